The molecule has 0 aromatic carbocycles. The van der Waals surface area contributed by atoms with Crippen LogP contribution in [0.1, 0.15) is 29.0 Å². The molecule has 1 unspecified atom stereocenters. The quantitative estimate of drug-likeness (QED) is 0.882. The minimum absolute atomic E-state index is 0.143. The number of amides is 1. The molecule has 20 heavy (non-hydrogen) atoms. The molecule has 1 atom stereocenters. The van der Waals surface area contributed by atoms with Gasteiger partial charge in [0.05, 0.1) is 12.8 Å². The van der Waals surface area contributed by atoms with Crippen LogP contribution in [0.25, 0.3) is 0 Å². The van der Waals surface area contributed by atoms with E-state index in [0.29, 0.717) is 16.6 Å². The summed E-state index contributed by atoms with van der Waals surface area (Å²) < 4.78 is 5.07. The summed E-state index contributed by atoms with van der Waals surface area (Å²) in [5, 5.41) is 8.32. The van der Waals surface area contributed by atoms with E-state index in [2.05, 4.69) is 20.6 Å². The van der Waals surface area contributed by atoms with Crippen molar-refractivity contribution in [3.8, 4) is 5.88 Å². The van der Waals surface area contributed by atoms with Crippen molar-refractivity contribution in [2.75, 3.05) is 19.5 Å². The molecule has 0 saturated carbocycles. The number of hydrogen-bond donors (Lipinski definition) is 2. The van der Waals surface area contributed by atoms with Gasteiger partial charge < -0.3 is 10.1 Å². The number of ether oxygens (including phenoxy) is 1. The molecule has 2 rings (SSSR count). The zero-order valence-electron chi connectivity index (χ0n) is 11.5. The average molecular weight is 292 g/mol. The first-order valence-corrected chi connectivity index (χ1v) is 6.96. The monoisotopic (exact) mass is 292 g/mol. The van der Waals surface area contributed by atoms with Crippen molar-refractivity contribution < 1.29 is 9.53 Å². The number of carbonyl (C=O) groups excluding carboxylic acids is 1. The number of pyridine rings is 1. The lowest BCUT2D eigenvalue weighted by atomic mass is 10.2. The number of nitrogens with one attached hydrogen (secondary N) is 2. The summed E-state index contributed by atoms with van der Waals surface area (Å²) in [4.78, 5) is 20.5. The summed E-state index contributed by atoms with van der Waals surface area (Å²) in [7, 11) is 3.35. The third-order valence-corrected chi connectivity index (χ3v) is 3.60. The van der Waals surface area contributed by atoms with Gasteiger partial charge in [0.1, 0.15) is 5.56 Å². The Bertz CT molecular complexity index is 600. The van der Waals surface area contributed by atoms with Crippen molar-refractivity contribution >= 4 is 22.4 Å². The standard InChI is InChI=1S/C13H16N4O2S/c1-8(14-2)10-7-20-13(16-10)17-11(18)9-5-4-6-15-12(9)19-3/h4-8,14H,1-3H3,(H,16,17,18). The fourth-order valence-electron chi connectivity index (χ4n) is 1.58. The van der Waals surface area contributed by atoms with Crippen LogP contribution in [0, 0.1) is 0 Å². The molecule has 0 aliphatic heterocycles. The van der Waals surface area contributed by atoms with Crippen molar-refractivity contribution in [1.82, 2.24) is 15.3 Å². The molecule has 0 aliphatic carbocycles. The van der Waals surface area contributed by atoms with E-state index in [9.17, 15) is 4.79 Å². The molecule has 0 spiro atoms. The fraction of sp³-hybridized carbons (Fsp3) is 0.308. The number of methoxy groups -OCH3 is 1. The molecule has 2 heterocycles. The lowest BCUT2D eigenvalue weighted by molar-refractivity contribution is 0.102. The first-order chi connectivity index (χ1) is 9.65. The molecule has 7 heteroatoms. The van der Waals surface area contributed by atoms with E-state index in [0.717, 1.165) is 5.69 Å². The summed E-state index contributed by atoms with van der Waals surface area (Å²) in [5.41, 5.74) is 1.28. The van der Waals surface area contributed by atoms with Gasteiger partial charge >= 0.3 is 0 Å². The zero-order valence-corrected chi connectivity index (χ0v) is 12.3. The number of rotatable bonds is 5. The van der Waals surface area contributed by atoms with Gasteiger partial charge in [-0.1, -0.05) is 0 Å². The Balaban J connectivity index is 2.13. The smallest absolute Gasteiger partial charge is 0.262 e. The SMILES string of the molecule is CNC(C)c1csc(NC(=O)c2cccnc2OC)n1. The van der Waals surface area contributed by atoms with Crippen LogP contribution in [0.15, 0.2) is 23.7 Å². The van der Waals surface area contributed by atoms with Crippen molar-refractivity contribution in [2.24, 2.45) is 0 Å². The predicted octanol–water partition coefficient (Wildman–Crippen LogP) is 2.08. The van der Waals surface area contributed by atoms with E-state index in [1.165, 1.54) is 18.4 Å². The summed E-state index contributed by atoms with van der Waals surface area (Å²) in [6.07, 6.45) is 1.58. The highest BCUT2D eigenvalue weighted by Crippen LogP contribution is 2.22. The Morgan fingerprint density at radius 2 is 2.30 bits per heavy atom. The molecule has 1 amide bonds. The topological polar surface area (TPSA) is 76.1 Å². The Kier molecular flexibility index (Phi) is 4.65. The van der Waals surface area contributed by atoms with Crippen molar-refractivity contribution in [1.29, 1.82) is 0 Å². The highest BCUT2D eigenvalue weighted by atomic mass is 32.1. The summed E-state index contributed by atoms with van der Waals surface area (Å²) >= 11 is 1.39. The number of hydrogen-bond acceptors (Lipinski definition) is 6. The normalized spacial score (nSPS) is 11.9. The molecule has 0 bridgehead atoms. The maximum atomic E-state index is 12.2. The Morgan fingerprint density at radius 3 is 3.00 bits per heavy atom. The van der Waals surface area contributed by atoms with Crippen molar-refractivity contribution in [3.05, 3.63) is 35.0 Å². The third kappa shape index (κ3) is 3.12. The maximum absolute atomic E-state index is 12.2. The van der Waals surface area contributed by atoms with Gasteiger partial charge in [0.25, 0.3) is 5.91 Å². The largest absolute Gasteiger partial charge is 0.480 e. The lowest BCUT2D eigenvalue weighted by Crippen LogP contribution is -2.15. The van der Waals surface area contributed by atoms with Gasteiger partial charge in [-0.15, -0.1) is 11.3 Å². The minimum Gasteiger partial charge on any atom is -0.480 e. The first kappa shape index (κ1) is 14.4. The van der Waals surface area contributed by atoms with Gasteiger partial charge in [-0.25, -0.2) is 9.97 Å². The molecule has 0 fully saturated rings. The predicted molar refractivity (Wildman–Crippen MR) is 78.3 cm³/mol. The molecule has 2 aromatic heterocycles. The van der Waals surface area contributed by atoms with Crippen LogP contribution in [0.2, 0.25) is 0 Å². The van der Waals surface area contributed by atoms with E-state index >= 15 is 0 Å². The summed E-state index contributed by atoms with van der Waals surface area (Å²) in [5.74, 6) is 0.0123. The molecule has 106 valence electrons. The number of carbonyl (C=O) groups is 1. The zero-order chi connectivity index (χ0) is 14.5. The highest BCUT2D eigenvalue weighted by Gasteiger charge is 2.15. The molecule has 0 saturated heterocycles. The number of thiazole rings is 1. The van der Waals surface area contributed by atoms with Gasteiger partial charge in [-0.3, -0.25) is 10.1 Å². The van der Waals surface area contributed by atoms with Gasteiger partial charge in [0.15, 0.2) is 5.13 Å². The molecule has 0 radical (unpaired) electrons. The van der Waals surface area contributed by atoms with Crippen LogP contribution in [-0.2, 0) is 0 Å². The molecular weight excluding hydrogens is 276 g/mol. The highest BCUT2D eigenvalue weighted by molar-refractivity contribution is 7.14. The number of aromatic nitrogens is 2. The number of nitrogens with zero attached hydrogens (tertiary/aromatic N) is 2. The second-order valence-corrected chi connectivity index (χ2v) is 4.96. The molecule has 2 N–H and O–H groups in total. The van der Waals surface area contributed by atoms with E-state index in [1.54, 1.807) is 18.3 Å². The fourth-order valence-corrected chi connectivity index (χ4v) is 2.38. The van der Waals surface area contributed by atoms with Crippen LogP contribution < -0.4 is 15.4 Å². The first-order valence-electron chi connectivity index (χ1n) is 6.08. The van der Waals surface area contributed by atoms with Crippen LogP contribution in [0.4, 0.5) is 5.13 Å². The molecule has 6 nitrogen and oxygen atoms in total. The van der Waals surface area contributed by atoms with Crippen LogP contribution in [0.5, 0.6) is 5.88 Å². The van der Waals surface area contributed by atoms with Crippen LogP contribution >= 0.6 is 11.3 Å². The van der Waals surface area contributed by atoms with E-state index in [4.69, 9.17) is 4.74 Å². The Labute approximate surface area is 121 Å². The second kappa shape index (κ2) is 6.44. The van der Waals surface area contributed by atoms with Gasteiger partial charge in [-0.2, -0.15) is 0 Å². The van der Waals surface area contributed by atoms with Gasteiger partial charge in [0, 0.05) is 17.6 Å². The van der Waals surface area contributed by atoms with E-state index < -0.39 is 0 Å². The Morgan fingerprint density at radius 1 is 1.50 bits per heavy atom. The van der Waals surface area contributed by atoms with Crippen molar-refractivity contribution in [2.45, 2.75) is 13.0 Å². The van der Waals surface area contributed by atoms with E-state index in [1.807, 2.05) is 19.4 Å². The summed E-state index contributed by atoms with van der Waals surface area (Å²) in [6.45, 7) is 2.00. The van der Waals surface area contributed by atoms with Gasteiger partial charge in [0.2, 0.25) is 5.88 Å². The van der Waals surface area contributed by atoms with Crippen molar-refractivity contribution in [3.63, 3.8) is 0 Å². The molecule has 2 aromatic rings. The van der Waals surface area contributed by atoms with Gasteiger partial charge in [-0.05, 0) is 26.1 Å². The average Bonchev–Trinajstić information content (AvgIpc) is 2.94. The number of anilines is 1. The maximum Gasteiger partial charge on any atom is 0.262 e. The minimum atomic E-state index is -0.284. The third-order valence-electron chi connectivity index (χ3n) is 2.83. The van der Waals surface area contributed by atoms with Crippen LogP contribution in [0.3, 0.4) is 0 Å². The molecular formula is C13H16N4O2S. The lowest BCUT2D eigenvalue weighted by Gasteiger charge is -2.07. The molecule has 0 aliphatic rings. The second-order valence-electron chi connectivity index (χ2n) is 4.10. The summed E-state index contributed by atoms with van der Waals surface area (Å²) in [6, 6.07) is 3.49. The van der Waals surface area contributed by atoms with Crippen LogP contribution in [-0.4, -0.2) is 30.0 Å². The Hall–Kier alpha value is -1.99. The van der Waals surface area contributed by atoms with E-state index in [-0.39, 0.29) is 11.9 Å².